The van der Waals surface area contributed by atoms with Crippen LogP contribution in [0.4, 0.5) is 0 Å². The smallest absolute Gasteiger partial charge is 0.0701 e. The lowest BCUT2D eigenvalue weighted by Crippen LogP contribution is -2.07. The first-order chi connectivity index (χ1) is 9.31. The van der Waals surface area contributed by atoms with Crippen molar-refractivity contribution in [3.63, 3.8) is 0 Å². The molecule has 3 heteroatoms. The molecule has 0 aromatic rings. The van der Waals surface area contributed by atoms with Gasteiger partial charge in [-0.25, -0.2) is 0 Å². The Kier molecular flexibility index (Phi) is 15.8. The Bertz CT molecular complexity index is 162. The molecule has 0 aliphatic rings. The molecule has 1 atom stereocenters. The molecule has 0 aromatic carbocycles. The minimum absolute atomic E-state index is 0.0937. The van der Waals surface area contributed by atoms with Gasteiger partial charge in [-0.2, -0.15) is 0 Å². The molecule has 0 amide bonds. The van der Waals surface area contributed by atoms with Gasteiger partial charge in [0, 0.05) is 6.61 Å². The van der Waals surface area contributed by atoms with E-state index >= 15 is 0 Å². The van der Waals surface area contributed by atoms with Gasteiger partial charge in [-0.05, 0) is 12.3 Å². The molecule has 0 spiro atoms. The molecule has 0 rings (SSSR count). The molecule has 1 N–H and O–H groups in total. The number of hydrogen-bond acceptors (Lipinski definition) is 3. The Balaban J connectivity index is 3.05. The summed E-state index contributed by atoms with van der Waals surface area (Å²) in [6.07, 6.45) is 10.6. The third kappa shape index (κ3) is 15.8. The third-order valence-corrected chi connectivity index (χ3v) is 3.39. The first-order valence-corrected chi connectivity index (χ1v) is 8.07. The van der Waals surface area contributed by atoms with Crippen molar-refractivity contribution in [2.24, 2.45) is 5.92 Å². The van der Waals surface area contributed by atoms with Crippen molar-refractivity contribution in [1.29, 1.82) is 0 Å². The molecule has 0 aromatic heterocycles. The van der Waals surface area contributed by atoms with E-state index in [1.54, 1.807) is 0 Å². The average Bonchev–Trinajstić information content (AvgIpc) is 2.41. The van der Waals surface area contributed by atoms with Gasteiger partial charge in [0.1, 0.15) is 0 Å². The van der Waals surface area contributed by atoms with Gasteiger partial charge in [0.05, 0.1) is 26.4 Å². The molecule has 0 saturated carbocycles. The summed E-state index contributed by atoms with van der Waals surface area (Å²) >= 11 is 0. The van der Waals surface area contributed by atoms with E-state index < -0.39 is 0 Å². The summed E-state index contributed by atoms with van der Waals surface area (Å²) in [4.78, 5) is 0. The van der Waals surface area contributed by atoms with Gasteiger partial charge in [-0.3, -0.25) is 0 Å². The fraction of sp³-hybridized carbons (Fsp3) is 1.00. The lowest BCUT2D eigenvalue weighted by Gasteiger charge is -2.10. The molecule has 0 heterocycles. The Morgan fingerprint density at radius 3 is 2.05 bits per heavy atom. The van der Waals surface area contributed by atoms with E-state index in [-0.39, 0.29) is 6.61 Å². The normalized spacial score (nSPS) is 12.8. The van der Waals surface area contributed by atoms with E-state index in [9.17, 15) is 0 Å². The molecule has 0 bridgehead atoms. The molecule has 19 heavy (non-hydrogen) atoms. The van der Waals surface area contributed by atoms with Gasteiger partial charge in [0.15, 0.2) is 0 Å². The fourth-order valence-electron chi connectivity index (χ4n) is 2.15. The van der Waals surface area contributed by atoms with E-state index in [4.69, 9.17) is 14.6 Å². The van der Waals surface area contributed by atoms with Crippen LogP contribution in [0, 0.1) is 5.92 Å². The second-order valence-electron chi connectivity index (χ2n) is 5.40. The molecule has 1 unspecified atom stereocenters. The standard InChI is InChI=1S/C16H34O3/c1-3-4-6-9-16(2)10-7-5-8-12-18-14-15-19-13-11-17/h16-17H,3-15H2,1-2H3. The zero-order valence-corrected chi connectivity index (χ0v) is 13.0. The third-order valence-electron chi connectivity index (χ3n) is 3.39. The minimum Gasteiger partial charge on any atom is -0.394 e. The lowest BCUT2D eigenvalue weighted by atomic mass is 9.97. The monoisotopic (exact) mass is 274 g/mol. The molecular formula is C16H34O3. The number of aliphatic hydroxyl groups excluding tert-OH is 1. The van der Waals surface area contributed by atoms with E-state index in [1.165, 1.54) is 44.9 Å². The number of ether oxygens (including phenoxy) is 2. The van der Waals surface area contributed by atoms with Crippen LogP contribution in [-0.4, -0.2) is 38.1 Å². The number of unbranched alkanes of at least 4 members (excludes halogenated alkanes) is 4. The lowest BCUT2D eigenvalue weighted by molar-refractivity contribution is 0.0320. The zero-order valence-electron chi connectivity index (χ0n) is 13.0. The van der Waals surface area contributed by atoms with Crippen LogP contribution in [0.15, 0.2) is 0 Å². The Morgan fingerprint density at radius 2 is 1.42 bits per heavy atom. The number of aliphatic hydroxyl groups is 1. The topological polar surface area (TPSA) is 38.7 Å². The highest BCUT2D eigenvalue weighted by Crippen LogP contribution is 2.16. The second kappa shape index (κ2) is 15.9. The summed E-state index contributed by atoms with van der Waals surface area (Å²) in [5.74, 6) is 0.888. The van der Waals surface area contributed by atoms with Gasteiger partial charge in [-0.1, -0.05) is 58.8 Å². The average molecular weight is 274 g/mol. The maximum atomic E-state index is 8.51. The molecule has 0 aliphatic heterocycles. The largest absolute Gasteiger partial charge is 0.394 e. The first-order valence-electron chi connectivity index (χ1n) is 8.07. The predicted molar refractivity (Wildman–Crippen MR) is 80.5 cm³/mol. The maximum absolute atomic E-state index is 8.51. The van der Waals surface area contributed by atoms with Gasteiger partial charge >= 0.3 is 0 Å². The van der Waals surface area contributed by atoms with Crippen LogP contribution in [0.25, 0.3) is 0 Å². The molecule has 3 nitrogen and oxygen atoms in total. The molecule has 0 radical (unpaired) electrons. The van der Waals surface area contributed by atoms with Crippen molar-refractivity contribution in [2.45, 2.75) is 65.2 Å². The predicted octanol–water partition coefficient (Wildman–Crippen LogP) is 3.79. The van der Waals surface area contributed by atoms with Gasteiger partial charge in [0.2, 0.25) is 0 Å². The molecular weight excluding hydrogens is 240 g/mol. The van der Waals surface area contributed by atoms with Crippen LogP contribution < -0.4 is 0 Å². The quantitative estimate of drug-likeness (QED) is 0.462. The maximum Gasteiger partial charge on any atom is 0.0701 e. The van der Waals surface area contributed by atoms with Crippen LogP contribution in [0.3, 0.4) is 0 Å². The van der Waals surface area contributed by atoms with Crippen LogP contribution in [0.5, 0.6) is 0 Å². The SMILES string of the molecule is CCCCCC(C)CCCCCOCCOCCO. The summed E-state index contributed by atoms with van der Waals surface area (Å²) in [5, 5.41) is 8.51. The summed E-state index contributed by atoms with van der Waals surface area (Å²) in [5.41, 5.74) is 0. The zero-order chi connectivity index (χ0) is 14.2. The van der Waals surface area contributed by atoms with Gasteiger partial charge in [0.25, 0.3) is 0 Å². The summed E-state index contributed by atoms with van der Waals surface area (Å²) in [6.45, 7) is 7.23. The highest BCUT2D eigenvalue weighted by atomic mass is 16.5. The van der Waals surface area contributed by atoms with Crippen molar-refractivity contribution in [1.82, 2.24) is 0 Å². The molecule has 0 aliphatic carbocycles. The highest BCUT2D eigenvalue weighted by Gasteiger charge is 2.01. The van der Waals surface area contributed by atoms with E-state index in [0.29, 0.717) is 19.8 Å². The molecule has 0 saturated heterocycles. The number of rotatable bonds is 15. The fourth-order valence-corrected chi connectivity index (χ4v) is 2.15. The summed E-state index contributed by atoms with van der Waals surface area (Å²) in [7, 11) is 0. The minimum atomic E-state index is 0.0937. The van der Waals surface area contributed by atoms with Crippen LogP contribution >= 0.6 is 0 Å². The van der Waals surface area contributed by atoms with Crippen LogP contribution in [0.2, 0.25) is 0 Å². The van der Waals surface area contributed by atoms with E-state index in [2.05, 4.69) is 13.8 Å². The van der Waals surface area contributed by atoms with Crippen molar-refractivity contribution in [2.75, 3.05) is 33.0 Å². The first kappa shape index (κ1) is 18.9. The van der Waals surface area contributed by atoms with E-state index in [0.717, 1.165) is 18.9 Å². The highest BCUT2D eigenvalue weighted by molar-refractivity contribution is 4.54. The molecule has 116 valence electrons. The van der Waals surface area contributed by atoms with E-state index in [1.807, 2.05) is 0 Å². The Hall–Kier alpha value is -0.120. The van der Waals surface area contributed by atoms with Crippen molar-refractivity contribution >= 4 is 0 Å². The van der Waals surface area contributed by atoms with Gasteiger partial charge < -0.3 is 14.6 Å². The second-order valence-corrected chi connectivity index (χ2v) is 5.40. The van der Waals surface area contributed by atoms with Crippen molar-refractivity contribution in [3.8, 4) is 0 Å². The summed E-state index contributed by atoms with van der Waals surface area (Å²) in [6, 6.07) is 0. The molecule has 0 fully saturated rings. The van der Waals surface area contributed by atoms with Crippen LogP contribution in [0.1, 0.15) is 65.2 Å². The van der Waals surface area contributed by atoms with Crippen LogP contribution in [-0.2, 0) is 9.47 Å². The van der Waals surface area contributed by atoms with Crippen molar-refractivity contribution < 1.29 is 14.6 Å². The van der Waals surface area contributed by atoms with Gasteiger partial charge in [-0.15, -0.1) is 0 Å². The Morgan fingerprint density at radius 1 is 0.789 bits per heavy atom. The van der Waals surface area contributed by atoms with Crippen molar-refractivity contribution in [3.05, 3.63) is 0 Å². The Labute approximate surface area is 119 Å². The summed E-state index contributed by atoms with van der Waals surface area (Å²) < 4.78 is 10.6. The number of hydrogen-bond donors (Lipinski definition) is 1.